The Bertz CT molecular complexity index is 716. The molecule has 108 valence electrons. The maximum absolute atomic E-state index is 11.6. The highest BCUT2D eigenvalue weighted by atomic mass is 32.1. The van der Waals surface area contributed by atoms with Crippen LogP contribution < -0.4 is 9.68 Å². The zero-order valence-electron chi connectivity index (χ0n) is 10.7. The maximum atomic E-state index is 11.6. The van der Waals surface area contributed by atoms with Gasteiger partial charge in [-0.15, -0.1) is 0 Å². The van der Waals surface area contributed by atoms with Crippen LogP contribution in [0.2, 0.25) is 0 Å². The van der Waals surface area contributed by atoms with Gasteiger partial charge in [-0.1, -0.05) is 36.6 Å². The van der Waals surface area contributed by atoms with Crippen molar-refractivity contribution < 1.29 is 19.3 Å². The Morgan fingerprint density at radius 2 is 1.29 bits per heavy atom. The molecule has 2 aromatic heterocycles. The summed E-state index contributed by atoms with van der Waals surface area (Å²) >= 11 is 9.92. The normalized spacial score (nSPS) is 9.90. The third kappa shape index (κ3) is 4.33. The first-order chi connectivity index (χ1) is 10.1. The van der Waals surface area contributed by atoms with E-state index < -0.39 is 18.4 Å². The quantitative estimate of drug-likeness (QED) is 0.631. The van der Waals surface area contributed by atoms with E-state index in [2.05, 4.69) is 0 Å². The minimum atomic E-state index is -0.787. The second-order valence-corrected chi connectivity index (χ2v) is 4.67. The van der Waals surface area contributed by atoms with Gasteiger partial charge in [0.15, 0.2) is 0 Å². The lowest BCUT2D eigenvalue weighted by Gasteiger charge is -2.08. The molecule has 2 heterocycles. The Morgan fingerprint density at radius 3 is 1.67 bits per heavy atom. The summed E-state index contributed by atoms with van der Waals surface area (Å²) < 4.78 is 2.81. The maximum Gasteiger partial charge on any atom is 0.344 e. The number of aromatic nitrogens is 2. The highest BCUT2D eigenvalue weighted by molar-refractivity contribution is 7.71. The van der Waals surface area contributed by atoms with Gasteiger partial charge < -0.3 is 9.68 Å². The molecule has 0 aliphatic rings. The van der Waals surface area contributed by atoms with E-state index in [0.29, 0.717) is 9.28 Å². The van der Waals surface area contributed by atoms with Crippen LogP contribution in [0.3, 0.4) is 0 Å². The summed E-state index contributed by atoms with van der Waals surface area (Å²) in [5.41, 5.74) is 0. The van der Waals surface area contributed by atoms with Crippen LogP contribution in [0, 0.1) is 9.28 Å². The van der Waals surface area contributed by atoms with E-state index >= 15 is 0 Å². The van der Waals surface area contributed by atoms with Gasteiger partial charge in [-0.25, -0.2) is 9.59 Å². The van der Waals surface area contributed by atoms with Crippen molar-refractivity contribution in [2.45, 2.75) is 6.42 Å². The van der Waals surface area contributed by atoms with Gasteiger partial charge in [0, 0.05) is 12.4 Å². The van der Waals surface area contributed by atoms with Gasteiger partial charge in [0.25, 0.3) is 0 Å². The highest BCUT2D eigenvalue weighted by Gasteiger charge is 2.14. The fraction of sp³-hybridized carbons (Fsp3) is 0.0769. The molecule has 0 radical (unpaired) electrons. The second kappa shape index (κ2) is 6.91. The molecule has 0 unspecified atom stereocenters. The van der Waals surface area contributed by atoms with Crippen molar-refractivity contribution in [1.29, 1.82) is 0 Å². The average Bonchev–Trinajstić information content (AvgIpc) is 2.44. The van der Waals surface area contributed by atoms with Crippen molar-refractivity contribution in [2.75, 3.05) is 0 Å². The van der Waals surface area contributed by atoms with Crippen LogP contribution in [-0.2, 0) is 9.59 Å². The largest absolute Gasteiger partial charge is 0.344 e. The first-order valence-corrected chi connectivity index (χ1v) is 6.65. The van der Waals surface area contributed by atoms with Crippen LogP contribution >= 0.6 is 24.4 Å². The minimum absolute atomic E-state index is 0.310. The molecule has 0 N–H and O–H groups in total. The Labute approximate surface area is 130 Å². The van der Waals surface area contributed by atoms with Crippen LogP contribution in [0.4, 0.5) is 0 Å². The molecule has 0 bridgehead atoms. The molecule has 0 aromatic carbocycles. The molecule has 6 nitrogen and oxygen atoms in total. The van der Waals surface area contributed by atoms with E-state index in [1.54, 1.807) is 36.4 Å². The van der Waals surface area contributed by atoms with Crippen molar-refractivity contribution >= 4 is 36.4 Å². The number of rotatable bonds is 4. The van der Waals surface area contributed by atoms with Crippen LogP contribution in [0.25, 0.3) is 0 Å². The molecular weight excluding hydrogens is 312 g/mol. The standard InChI is InChI=1S/C13H10N2O4S2/c16-12(18-14-7-3-1-5-10(14)20)9-13(17)19-15-8-4-2-6-11(15)21/h1-8H,9H2. The van der Waals surface area contributed by atoms with Gasteiger partial charge in [-0.2, -0.15) is 9.46 Å². The van der Waals surface area contributed by atoms with Crippen molar-refractivity contribution in [1.82, 2.24) is 9.46 Å². The van der Waals surface area contributed by atoms with E-state index in [9.17, 15) is 9.59 Å². The summed E-state index contributed by atoms with van der Waals surface area (Å²) in [6.07, 6.45) is 2.38. The van der Waals surface area contributed by atoms with Gasteiger partial charge in [-0.3, -0.25) is 0 Å². The number of carbonyl (C=O) groups is 2. The third-order valence-electron chi connectivity index (χ3n) is 2.27. The zero-order chi connectivity index (χ0) is 15.2. The first kappa shape index (κ1) is 15.1. The van der Waals surface area contributed by atoms with Crippen LogP contribution in [0.5, 0.6) is 0 Å². The van der Waals surface area contributed by atoms with Crippen molar-refractivity contribution in [2.24, 2.45) is 0 Å². The summed E-state index contributed by atoms with van der Waals surface area (Å²) in [5, 5.41) is 0. The summed E-state index contributed by atoms with van der Waals surface area (Å²) in [4.78, 5) is 33.1. The molecule has 0 atom stereocenters. The van der Waals surface area contributed by atoms with Crippen LogP contribution in [-0.4, -0.2) is 21.4 Å². The molecule has 0 fully saturated rings. The van der Waals surface area contributed by atoms with Crippen LogP contribution in [0.15, 0.2) is 48.8 Å². The predicted molar refractivity (Wildman–Crippen MR) is 78.3 cm³/mol. The Hall–Kier alpha value is -2.32. The molecule has 0 aliphatic carbocycles. The summed E-state index contributed by atoms with van der Waals surface area (Å²) in [5.74, 6) is -1.57. The molecule has 0 saturated carbocycles. The number of hydrogen-bond acceptors (Lipinski definition) is 6. The Balaban J connectivity index is 1.96. The average molecular weight is 322 g/mol. The van der Waals surface area contributed by atoms with Gasteiger partial charge in [0.05, 0.1) is 0 Å². The fourth-order valence-electron chi connectivity index (χ4n) is 1.38. The highest BCUT2D eigenvalue weighted by Crippen LogP contribution is 1.95. The van der Waals surface area contributed by atoms with E-state index in [1.807, 2.05) is 0 Å². The van der Waals surface area contributed by atoms with Gasteiger partial charge in [0.2, 0.25) is 0 Å². The number of hydrogen-bond donors (Lipinski definition) is 0. The predicted octanol–water partition coefficient (Wildman–Crippen LogP) is 1.75. The molecule has 0 spiro atoms. The van der Waals surface area contributed by atoms with Crippen molar-refractivity contribution in [3.8, 4) is 0 Å². The lowest BCUT2D eigenvalue weighted by molar-refractivity contribution is -0.155. The zero-order valence-corrected chi connectivity index (χ0v) is 12.3. The lowest BCUT2D eigenvalue weighted by Crippen LogP contribution is -2.27. The van der Waals surface area contributed by atoms with Gasteiger partial charge >= 0.3 is 11.9 Å². The topological polar surface area (TPSA) is 62.5 Å². The van der Waals surface area contributed by atoms with E-state index in [1.165, 1.54) is 12.4 Å². The smallest absolute Gasteiger partial charge is 0.335 e. The van der Waals surface area contributed by atoms with Gasteiger partial charge in [0.1, 0.15) is 15.7 Å². The summed E-state index contributed by atoms with van der Waals surface area (Å²) in [6, 6.07) is 9.88. The molecule has 8 heteroatoms. The van der Waals surface area contributed by atoms with Crippen molar-refractivity contribution in [3.63, 3.8) is 0 Å². The van der Waals surface area contributed by atoms with E-state index in [0.717, 1.165) is 9.46 Å². The Morgan fingerprint density at radius 1 is 0.857 bits per heavy atom. The SMILES string of the molecule is O=C(CC(=O)On1ccccc1=S)On1ccccc1=S. The summed E-state index contributed by atoms with van der Waals surface area (Å²) in [6.45, 7) is 0. The molecule has 2 aromatic rings. The number of carbonyl (C=O) groups excluding carboxylic acids is 2. The number of pyridine rings is 2. The molecule has 2 rings (SSSR count). The minimum Gasteiger partial charge on any atom is -0.335 e. The third-order valence-corrected chi connectivity index (χ3v) is 2.90. The molecule has 0 amide bonds. The van der Waals surface area contributed by atoms with Crippen molar-refractivity contribution in [3.05, 3.63) is 58.1 Å². The molecular formula is C13H10N2O4S2. The number of nitrogens with zero attached hydrogens (tertiary/aromatic N) is 2. The van der Waals surface area contributed by atoms with E-state index in [-0.39, 0.29) is 0 Å². The molecule has 0 saturated heterocycles. The summed E-state index contributed by atoms with van der Waals surface area (Å²) in [7, 11) is 0. The Kier molecular flexibility index (Phi) is 4.96. The molecule has 21 heavy (non-hydrogen) atoms. The fourth-order valence-corrected chi connectivity index (χ4v) is 1.73. The van der Waals surface area contributed by atoms with Gasteiger partial charge in [-0.05, 0) is 24.3 Å². The first-order valence-electron chi connectivity index (χ1n) is 5.84. The monoisotopic (exact) mass is 322 g/mol. The second-order valence-electron chi connectivity index (χ2n) is 3.83. The van der Waals surface area contributed by atoms with Crippen LogP contribution in [0.1, 0.15) is 6.42 Å². The molecule has 0 aliphatic heterocycles. The van der Waals surface area contributed by atoms with E-state index in [4.69, 9.17) is 34.1 Å². The lowest BCUT2D eigenvalue weighted by atomic mass is 10.4.